The number of nitrogens with two attached hydrogens (primary N) is 1. The van der Waals surface area contributed by atoms with Crippen molar-refractivity contribution in [3.63, 3.8) is 0 Å². The van der Waals surface area contributed by atoms with Gasteiger partial charge in [-0.05, 0) is 36.2 Å². The Hall–Kier alpha value is -0.840. The fraction of sp³-hybridized carbons (Fsp3) is 0.250. The molecule has 2 rings (SSSR count). The molecule has 2 N–H and O–H groups in total. The summed E-state index contributed by atoms with van der Waals surface area (Å²) in [5, 5.41) is 4.87. The number of aryl methyl sites for hydroxylation is 2. The van der Waals surface area contributed by atoms with Gasteiger partial charge in [-0.2, -0.15) is 5.10 Å². The van der Waals surface area contributed by atoms with Crippen LogP contribution in [-0.2, 0) is 7.05 Å². The maximum absolute atomic E-state index is 6.26. The zero-order chi connectivity index (χ0) is 12.6. The van der Waals surface area contributed by atoms with Crippen molar-refractivity contribution in [3.05, 3.63) is 50.7 Å². The summed E-state index contributed by atoms with van der Waals surface area (Å²) in [6.45, 7) is 2.00. The van der Waals surface area contributed by atoms with Crippen molar-refractivity contribution in [1.82, 2.24) is 9.78 Å². The number of nitrogens with zero attached hydrogens (tertiary/aromatic N) is 2. The van der Waals surface area contributed by atoms with Gasteiger partial charge in [-0.15, -0.1) is 0 Å². The highest BCUT2D eigenvalue weighted by molar-refractivity contribution is 9.10. The SMILES string of the molecule is Cc1cnn(C)c1C(N)c1cc(Cl)cc(Br)c1. The smallest absolute Gasteiger partial charge is 0.0726 e. The van der Waals surface area contributed by atoms with Gasteiger partial charge in [0.25, 0.3) is 0 Å². The van der Waals surface area contributed by atoms with Crippen LogP contribution in [0.2, 0.25) is 5.02 Å². The lowest BCUT2D eigenvalue weighted by atomic mass is 10.0. The summed E-state index contributed by atoms with van der Waals surface area (Å²) < 4.78 is 2.73. The highest BCUT2D eigenvalue weighted by Gasteiger charge is 2.16. The zero-order valence-corrected chi connectivity index (χ0v) is 12.0. The third kappa shape index (κ3) is 2.54. The molecule has 1 aromatic carbocycles. The second-order valence-electron chi connectivity index (χ2n) is 4.02. The van der Waals surface area contributed by atoms with Crippen LogP contribution in [0, 0.1) is 6.92 Å². The van der Waals surface area contributed by atoms with Crippen molar-refractivity contribution in [3.8, 4) is 0 Å². The first-order valence-corrected chi connectivity index (χ1v) is 6.36. The quantitative estimate of drug-likeness (QED) is 0.925. The normalized spacial score (nSPS) is 12.8. The lowest BCUT2D eigenvalue weighted by Gasteiger charge is -2.14. The predicted molar refractivity (Wildman–Crippen MR) is 73.1 cm³/mol. The Morgan fingerprint density at radius 3 is 2.65 bits per heavy atom. The molecule has 0 aliphatic rings. The molecule has 0 saturated carbocycles. The van der Waals surface area contributed by atoms with Crippen LogP contribution in [0.3, 0.4) is 0 Å². The molecule has 0 radical (unpaired) electrons. The summed E-state index contributed by atoms with van der Waals surface area (Å²) in [4.78, 5) is 0. The molecule has 0 amide bonds. The molecule has 1 heterocycles. The topological polar surface area (TPSA) is 43.8 Å². The minimum atomic E-state index is -0.225. The van der Waals surface area contributed by atoms with E-state index in [-0.39, 0.29) is 6.04 Å². The predicted octanol–water partition coefficient (Wildman–Crippen LogP) is 3.19. The van der Waals surface area contributed by atoms with Crippen LogP contribution in [-0.4, -0.2) is 9.78 Å². The van der Waals surface area contributed by atoms with Crippen LogP contribution in [0.1, 0.15) is 22.9 Å². The maximum atomic E-state index is 6.26. The van der Waals surface area contributed by atoms with Crippen LogP contribution >= 0.6 is 27.5 Å². The molecule has 90 valence electrons. The number of halogens is 2. The molecule has 5 heteroatoms. The van der Waals surface area contributed by atoms with Crippen molar-refractivity contribution >= 4 is 27.5 Å². The van der Waals surface area contributed by atoms with Gasteiger partial charge in [0.15, 0.2) is 0 Å². The molecule has 1 aromatic heterocycles. The number of aromatic nitrogens is 2. The molecule has 0 aliphatic carbocycles. The second-order valence-corrected chi connectivity index (χ2v) is 5.37. The van der Waals surface area contributed by atoms with E-state index in [2.05, 4.69) is 21.0 Å². The molecular formula is C12H13BrClN3. The average Bonchev–Trinajstić information content (AvgIpc) is 2.56. The Balaban J connectivity index is 2.47. The first-order chi connectivity index (χ1) is 7.99. The van der Waals surface area contributed by atoms with Crippen LogP contribution in [0.25, 0.3) is 0 Å². The second kappa shape index (κ2) is 4.80. The maximum Gasteiger partial charge on any atom is 0.0726 e. The highest BCUT2D eigenvalue weighted by Crippen LogP contribution is 2.27. The number of hydrogen-bond acceptors (Lipinski definition) is 2. The summed E-state index contributed by atoms with van der Waals surface area (Å²) in [5.41, 5.74) is 9.31. The van der Waals surface area contributed by atoms with E-state index in [0.717, 1.165) is 21.3 Å². The van der Waals surface area contributed by atoms with Crippen LogP contribution in [0.4, 0.5) is 0 Å². The van der Waals surface area contributed by atoms with Crippen molar-refractivity contribution in [2.75, 3.05) is 0 Å². The van der Waals surface area contributed by atoms with Gasteiger partial charge < -0.3 is 5.73 Å². The van der Waals surface area contributed by atoms with E-state index in [1.54, 1.807) is 4.68 Å². The summed E-state index contributed by atoms with van der Waals surface area (Å²) in [7, 11) is 1.89. The van der Waals surface area contributed by atoms with E-state index in [4.69, 9.17) is 17.3 Å². The van der Waals surface area contributed by atoms with E-state index in [9.17, 15) is 0 Å². The minimum absolute atomic E-state index is 0.225. The summed E-state index contributed by atoms with van der Waals surface area (Å²) in [5.74, 6) is 0. The summed E-state index contributed by atoms with van der Waals surface area (Å²) in [6.07, 6.45) is 1.81. The molecule has 0 bridgehead atoms. The van der Waals surface area contributed by atoms with Gasteiger partial charge in [-0.3, -0.25) is 4.68 Å². The first kappa shape index (κ1) is 12.6. The lowest BCUT2D eigenvalue weighted by Crippen LogP contribution is -2.17. The van der Waals surface area contributed by atoms with Crippen LogP contribution in [0.5, 0.6) is 0 Å². The molecule has 0 spiro atoms. The molecule has 17 heavy (non-hydrogen) atoms. The fourth-order valence-electron chi connectivity index (χ4n) is 1.92. The highest BCUT2D eigenvalue weighted by atomic mass is 79.9. The van der Waals surface area contributed by atoms with Crippen molar-refractivity contribution in [2.24, 2.45) is 12.8 Å². The number of hydrogen-bond donors (Lipinski definition) is 1. The van der Waals surface area contributed by atoms with Gasteiger partial charge in [-0.25, -0.2) is 0 Å². The standard InChI is InChI=1S/C12H13BrClN3/c1-7-6-16-17(2)12(7)11(15)8-3-9(13)5-10(14)4-8/h3-6,11H,15H2,1-2H3. The van der Waals surface area contributed by atoms with Gasteiger partial charge in [0.05, 0.1) is 17.9 Å². The summed E-state index contributed by atoms with van der Waals surface area (Å²) >= 11 is 9.45. The Morgan fingerprint density at radius 2 is 2.12 bits per heavy atom. The van der Waals surface area contributed by atoms with Gasteiger partial charge in [0, 0.05) is 16.5 Å². The van der Waals surface area contributed by atoms with Gasteiger partial charge in [0.2, 0.25) is 0 Å². The molecule has 1 atom stereocenters. The van der Waals surface area contributed by atoms with E-state index in [1.165, 1.54) is 0 Å². The minimum Gasteiger partial charge on any atom is -0.319 e. The molecule has 2 aromatic rings. The Labute approximate surface area is 114 Å². The van der Waals surface area contributed by atoms with E-state index >= 15 is 0 Å². The molecular weight excluding hydrogens is 302 g/mol. The molecule has 0 aliphatic heterocycles. The number of rotatable bonds is 2. The van der Waals surface area contributed by atoms with Crippen molar-refractivity contribution in [2.45, 2.75) is 13.0 Å². The van der Waals surface area contributed by atoms with Gasteiger partial charge >= 0.3 is 0 Å². The zero-order valence-electron chi connectivity index (χ0n) is 9.61. The monoisotopic (exact) mass is 313 g/mol. The Morgan fingerprint density at radius 1 is 1.41 bits per heavy atom. The largest absolute Gasteiger partial charge is 0.319 e. The molecule has 0 saturated heterocycles. The average molecular weight is 315 g/mol. The van der Waals surface area contributed by atoms with Crippen molar-refractivity contribution < 1.29 is 0 Å². The van der Waals surface area contributed by atoms with Gasteiger partial charge in [0.1, 0.15) is 0 Å². The summed E-state index contributed by atoms with van der Waals surface area (Å²) in [6, 6.07) is 5.47. The Kier molecular flexibility index (Phi) is 3.56. The first-order valence-electron chi connectivity index (χ1n) is 5.19. The third-order valence-electron chi connectivity index (χ3n) is 2.72. The molecule has 1 unspecified atom stereocenters. The molecule has 3 nitrogen and oxygen atoms in total. The number of benzene rings is 1. The Bertz CT molecular complexity index is 511. The van der Waals surface area contributed by atoms with Crippen LogP contribution < -0.4 is 5.73 Å². The van der Waals surface area contributed by atoms with Crippen molar-refractivity contribution in [1.29, 1.82) is 0 Å². The van der Waals surface area contributed by atoms with E-state index in [0.29, 0.717) is 5.02 Å². The fourth-order valence-corrected chi connectivity index (χ4v) is 2.80. The third-order valence-corrected chi connectivity index (χ3v) is 3.39. The van der Waals surface area contributed by atoms with E-state index < -0.39 is 0 Å². The van der Waals surface area contributed by atoms with Gasteiger partial charge in [-0.1, -0.05) is 27.5 Å². The van der Waals surface area contributed by atoms with E-state index in [1.807, 2.05) is 38.4 Å². The lowest BCUT2D eigenvalue weighted by molar-refractivity contribution is 0.670. The molecule has 0 fully saturated rings. The van der Waals surface area contributed by atoms with Crippen LogP contribution in [0.15, 0.2) is 28.9 Å².